The zero-order valence-corrected chi connectivity index (χ0v) is 30.8. The van der Waals surface area contributed by atoms with E-state index < -0.39 is 0 Å². The molecular weight excluding hydrogens is 695 g/mol. The Kier molecular flexibility index (Phi) is 7.78. The van der Waals surface area contributed by atoms with Crippen molar-refractivity contribution in [3.05, 3.63) is 200 Å². The molecule has 0 unspecified atom stereocenters. The lowest BCUT2D eigenvalue weighted by Gasteiger charge is -2.14. The van der Waals surface area contributed by atoms with Crippen molar-refractivity contribution >= 4 is 43.5 Å². The molecule has 0 aliphatic rings. The molecule has 4 heteroatoms. The van der Waals surface area contributed by atoms with Gasteiger partial charge in [-0.3, -0.25) is 0 Å². The summed E-state index contributed by atoms with van der Waals surface area (Å²) >= 11 is 0. The van der Waals surface area contributed by atoms with Gasteiger partial charge in [-0.15, -0.1) is 0 Å². The summed E-state index contributed by atoms with van der Waals surface area (Å²) in [5.74, 6) is 1.88. The summed E-state index contributed by atoms with van der Waals surface area (Å²) in [4.78, 5) is 15.4. The van der Waals surface area contributed by atoms with Crippen molar-refractivity contribution < 1.29 is 4.42 Å². The number of fused-ring (bicyclic) bond motifs is 5. The number of benzene rings is 9. The van der Waals surface area contributed by atoms with Gasteiger partial charge in [0.2, 0.25) is 0 Å². The van der Waals surface area contributed by atoms with Gasteiger partial charge in [0, 0.05) is 27.5 Å². The second-order valence-corrected chi connectivity index (χ2v) is 14.4. The van der Waals surface area contributed by atoms with Gasteiger partial charge in [0.1, 0.15) is 11.2 Å². The average molecular weight is 728 g/mol. The van der Waals surface area contributed by atoms with Crippen molar-refractivity contribution in [2.24, 2.45) is 0 Å². The van der Waals surface area contributed by atoms with Crippen LogP contribution in [0.1, 0.15) is 0 Å². The van der Waals surface area contributed by atoms with E-state index in [-0.39, 0.29) is 0 Å². The van der Waals surface area contributed by atoms with Crippen molar-refractivity contribution in [2.75, 3.05) is 0 Å². The van der Waals surface area contributed by atoms with E-state index in [1.807, 2.05) is 36.4 Å². The molecular formula is C53H33N3O. The lowest BCUT2D eigenvalue weighted by atomic mass is 9.90. The zero-order valence-electron chi connectivity index (χ0n) is 30.8. The minimum absolute atomic E-state index is 0.622. The number of furan rings is 1. The monoisotopic (exact) mass is 727 g/mol. The minimum Gasteiger partial charge on any atom is -0.456 e. The van der Waals surface area contributed by atoms with Crippen LogP contribution in [0.2, 0.25) is 0 Å². The summed E-state index contributed by atoms with van der Waals surface area (Å²) in [7, 11) is 0. The molecule has 0 aliphatic carbocycles. The largest absolute Gasteiger partial charge is 0.456 e. The van der Waals surface area contributed by atoms with Crippen LogP contribution in [0.25, 0.3) is 111 Å². The number of hydrogen-bond acceptors (Lipinski definition) is 4. The average Bonchev–Trinajstić information content (AvgIpc) is 3.65. The second kappa shape index (κ2) is 13.6. The Morgan fingerprint density at radius 2 is 0.825 bits per heavy atom. The Labute approximate surface area is 329 Å². The van der Waals surface area contributed by atoms with Gasteiger partial charge in [-0.25, -0.2) is 15.0 Å². The van der Waals surface area contributed by atoms with Crippen molar-refractivity contribution in [1.29, 1.82) is 0 Å². The molecule has 4 nitrogen and oxygen atoms in total. The van der Waals surface area contributed by atoms with Gasteiger partial charge in [0.05, 0.1) is 0 Å². The van der Waals surface area contributed by atoms with Crippen LogP contribution in [0.3, 0.4) is 0 Å². The highest BCUT2D eigenvalue weighted by molar-refractivity contribution is 6.17. The van der Waals surface area contributed by atoms with Crippen LogP contribution in [-0.4, -0.2) is 15.0 Å². The van der Waals surface area contributed by atoms with E-state index in [1.54, 1.807) is 0 Å². The van der Waals surface area contributed by atoms with Crippen LogP contribution in [0.15, 0.2) is 205 Å². The number of aromatic nitrogens is 3. The molecule has 11 rings (SSSR count). The SMILES string of the molecule is c1ccc(-c2cccc(-c3nc(-c4ccccc4)nc(-c4ccc(-c5cc(-c6ccccc6)c6c(c5)oc5cc7ccccc7cc56)c5ccccc45)n3)c2)cc1. The van der Waals surface area contributed by atoms with Gasteiger partial charge in [-0.2, -0.15) is 0 Å². The fraction of sp³-hybridized carbons (Fsp3) is 0. The summed E-state index contributed by atoms with van der Waals surface area (Å²) in [6, 6.07) is 69.9. The van der Waals surface area contributed by atoms with E-state index in [4.69, 9.17) is 19.4 Å². The first-order chi connectivity index (χ1) is 28.2. The van der Waals surface area contributed by atoms with Crippen LogP contribution in [-0.2, 0) is 0 Å². The molecule has 0 spiro atoms. The van der Waals surface area contributed by atoms with Gasteiger partial charge in [-0.1, -0.05) is 164 Å². The molecule has 266 valence electrons. The molecule has 57 heavy (non-hydrogen) atoms. The Morgan fingerprint density at radius 3 is 1.56 bits per heavy atom. The molecule has 2 aromatic heterocycles. The maximum absolute atomic E-state index is 6.71. The van der Waals surface area contributed by atoms with Gasteiger partial charge in [-0.05, 0) is 91.3 Å². The molecule has 0 radical (unpaired) electrons. The highest BCUT2D eigenvalue weighted by Gasteiger charge is 2.20. The normalized spacial score (nSPS) is 11.5. The number of rotatable bonds is 6. The van der Waals surface area contributed by atoms with Crippen molar-refractivity contribution in [3.8, 4) is 67.5 Å². The van der Waals surface area contributed by atoms with Gasteiger partial charge >= 0.3 is 0 Å². The summed E-state index contributed by atoms with van der Waals surface area (Å²) in [5.41, 5.74) is 11.2. The van der Waals surface area contributed by atoms with E-state index >= 15 is 0 Å². The third-order valence-corrected chi connectivity index (χ3v) is 10.9. The van der Waals surface area contributed by atoms with Gasteiger partial charge < -0.3 is 4.42 Å². The standard InChI is InChI=1S/C53H33N3O/c1-4-15-34(16-5-1)37-23-14-24-40(29-37)52-54-51(36-19-8-3-9-20-36)55-53(56-52)45-28-27-42(43-25-12-13-26-44(43)45)41-31-46(35-17-6-2-7-18-35)50-47-30-38-21-10-11-22-39(38)32-48(47)57-49(50)33-41/h1-33H. The summed E-state index contributed by atoms with van der Waals surface area (Å²) in [6.45, 7) is 0. The quantitative estimate of drug-likeness (QED) is 0.171. The Balaban J connectivity index is 1.11. The third kappa shape index (κ3) is 5.83. The van der Waals surface area contributed by atoms with E-state index in [0.29, 0.717) is 17.5 Å². The van der Waals surface area contributed by atoms with Gasteiger partial charge in [0.15, 0.2) is 17.5 Å². The van der Waals surface area contributed by atoms with Crippen LogP contribution >= 0.6 is 0 Å². The molecule has 0 fully saturated rings. The predicted molar refractivity (Wildman–Crippen MR) is 235 cm³/mol. The molecule has 11 aromatic rings. The maximum atomic E-state index is 6.71. The Morgan fingerprint density at radius 1 is 0.281 bits per heavy atom. The summed E-state index contributed by atoms with van der Waals surface area (Å²) in [5, 5.41) is 6.75. The number of nitrogens with zero attached hydrogens (tertiary/aromatic N) is 3. The zero-order chi connectivity index (χ0) is 37.7. The highest BCUT2D eigenvalue weighted by Crippen LogP contribution is 2.43. The summed E-state index contributed by atoms with van der Waals surface area (Å²) in [6.07, 6.45) is 0. The molecule has 0 saturated carbocycles. The lowest BCUT2D eigenvalue weighted by Crippen LogP contribution is -2.01. The molecule has 0 bridgehead atoms. The van der Waals surface area contributed by atoms with Crippen LogP contribution < -0.4 is 0 Å². The van der Waals surface area contributed by atoms with Crippen LogP contribution in [0.4, 0.5) is 0 Å². The first kappa shape index (κ1) is 32.7. The minimum atomic E-state index is 0.622. The molecule has 9 aromatic carbocycles. The summed E-state index contributed by atoms with van der Waals surface area (Å²) < 4.78 is 6.71. The van der Waals surface area contributed by atoms with Gasteiger partial charge in [0.25, 0.3) is 0 Å². The first-order valence-corrected chi connectivity index (χ1v) is 19.2. The lowest BCUT2D eigenvalue weighted by molar-refractivity contribution is 0.669. The smallest absolute Gasteiger partial charge is 0.164 e. The molecule has 0 amide bonds. The van der Waals surface area contributed by atoms with E-state index in [2.05, 4.69) is 164 Å². The first-order valence-electron chi connectivity index (χ1n) is 19.2. The predicted octanol–water partition coefficient (Wildman–Crippen LogP) is 14.1. The van der Waals surface area contributed by atoms with Crippen molar-refractivity contribution in [1.82, 2.24) is 15.0 Å². The molecule has 0 atom stereocenters. The van der Waals surface area contributed by atoms with Crippen molar-refractivity contribution in [2.45, 2.75) is 0 Å². The molecule has 0 N–H and O–H groups in total. The topological polar surface area (TPSA) is 51.8 Å². The Hall–Kier alpha value is -7.69. The van der Waals surface area contributed by atoms with E-state index in [9.17, 15) is 0 Å². The van der Waals surface area contributed by atoms with Crippen molar-refractivity contribution in [3.63, 3.8) is 0 Å². The fourth-order valence-corrected chi connectivity index (χ4v) is 8.15. The third-order valence-electron chi connectivity index (χ3n) is 10.9. The second-order valence-electron chi connectivity index (χ2n) is 14.4. The van der Waals surface area contributed by atoms with Crippen LogP contribution in [0.5, 0.6) is 0 Å². The Bertz CT molecular complexity index is 3280. The maximum Gasteiger partial charge on any atom is 0.164 e. The van der Waals surface area contributed by atoms with Crippen LogP contribution in [0, 0.1) is 0 Å². The van der Waals surface area contributed by atoms with E-state index in [1.165, 1.54) is 5.39 Å². The molecule has 2 heterocycles. The fourth-order valence-electron chi connectivity index (χ4n) is 8.15. The molecule has 0 aliphatic heterocycles. The molecule has 0 saturated heterocycles. The highest BCUT2D eigenvalue weighted by atomic mass is 16.3. The number of hydrogen-bond donors (Lipinski definition) is 0. The van der Waals surface area contributed by atoms with E-state index in [0.717, 1.165) is 88.2 Å².